The van der Waals surface area contributed by atoms with Crippen LogP contribution in [0.25, 0.3) is 0 Å². The van der Waals surface area contributed by atoms with E-state index in [0.29, 0.717) is 5.82 Å². The van der Waals surface area contributed by atoms with E-state index in [1.54, 1.807) is 101 Å². The first-order chi connectivity index (χ1) is 20.2. The molecule has 0 aromatic carbocycles. The van der Waals surface area contributed by atoms with E-state index >= 15 is 0 Å². The normalized spacial score (nSPS) is 11.3. The molecule has 0 spiro atoms. The summed E-state index contributed by atoms with van der Waals surface area (Å²) < 4.78 is 26.0. The van der Waals surface area contributed by atoms with Crippen molar-refractivity contribution in [3.8, 4) is 0 Å². The molecule has 45 heavy (non-hydrogen) atoms. The van der Waals surface area contributed by atoms with Crippen molar-refractivity contribution in [3.63, 3.8) is 0 Å². The Morgan fingerprint density at radius 3 is 1.22 bits per heavy atom. The zero-order valence-electron chi connectivity index (χ0n) is 27.8. The highest BCUT2D eigenvalue weighted by Crippen LogP contribution is 2.21. The van der Waals surface area contributed by atoms with Crippen LogP contribution in [0.5, 0.6) is 0 Å². The molecule has 2 aromatic heterocycles. The van der Waals surface area contributed by atoms with Crippen LogP contribution in [-0.4, -0.2) is 56.9 Å². The second-order valence-corrected chi connectivity index (χ2v) is 14.9. The smallest absolute Gasteiger partial charge is 0.443 e. The summed E-state index contributed by atoms with van der Waals surface area (Å²) in [5, 5.41) is 0. The number of anilines is 2. The van der Waals surface area contributed by atoms with E-state index in [2.05, 4.69) is 46.6 Å². The molecule has 0 unspecified atom stereocenters. The van der Waals surface area contributed by atoms with Gasteiger partial charge in [0.1, 0.15) is 34.0 Å². The Labute approximate surface area is 281 Å². The van der Waals surface area contributed by atoms with E-state index in [1.165, 1.54) is 12.3 Å². The third-order valence-electron chi connectivity index (χ3n) is 3.79. The summed E-state index contributed by atoms with van der Waals surface area (Å²) >= 11 is 6.48. The Bertz CT molecular complexity index is 1190. The number of nitrogen functional groups attached to an aromatic ring is 1. The number of hydrogen-bond acceptors (Lipinski definition) is 12. The molecular formula is C30H44Br2N4O9. The molecule has 0 aliphatic carbocycles. The van der Waals surface area contributed by atoms with Crippen molar-refractivity contribution in [1.82, 2.24) is 9.97 Å². The number of carbonyl (C=O) groups is 4. The van der Waals surface area contributed by atoms with Crippen molar-refractivity contribution < 1.29 is 42.9 Å². The van der Waals surface area contributed by atoms with Gasteiger partial charge in [0.25, 0.3) is 0 Å². The van der Waals surface area contributed by atoms with Gasteiger partial charge in [0.15, 0.2) is 0 Å². The van der Waals surface area contributed by atoms with Gasteiger partial charge in [-0.15, -0.1) is 0 Å². The van der Waals surface area contributed by atoms with Crippen LogP contribution in [0.4, 0.5) is 30.8 Å². The highest BCUT2D eigenvalue weighted by molar-refractivity contribution is 9.10. The Balaban J connectivity index is 0.000000721. The standard InChI is InChI=1S/C15H21BrN2O4.C10H18O5.C5H5BrN2/c1-14(2,3)21-12(19)18(13(20)22-15(4,5)6)11-8-7-10(16)9-17-11;1-9(2,3)14-7(11)13-8(12)15-10(4,5)6;6-4-1-2-5(7)8-3-4/h7-9H,1-6H3;1-6H3;1-3H,(H2,7,8). The molecule has 0 saturated carbocycles. The largest absolute Gasteiger partial charge is 0.519 e. The number of halogens is 2. The fourth-order valence-corrected chi connectivity index (χ4v) is 2.84. The maximum Gasteiger partial charge on any atom is 0.519 e. The second-order valence-electron chi connectivity index (χ2n) is 13.1. The van der Waals surface area contributed by atoms with Crippen LogP contribution in [0.15, 0.2) is 45.6 Å². The lowest BCUT2D eigenvalue weighted by atomic mass is 10.2. The Morgan fingerprint density at radius 1 is 0.600 bits per heavy atom. The van der Waals surface area contributed by atoms with Crippen LogP contribution in [-0.2, 0) is 23.7 Å². The second kappa shape index (κ2) is 17.3. The molecule has 0 fully saturated rings. The van der Waals surface area contributed by atoms with E-state index in [0.717, 1.165) is 13.8 Å². The average Bonchev–Trinajstić information content (AvgIpc) is 2.78. The van der Waals surface area contributed by atoms with Gasteiger partial charge in [-0.25, -0.2) is 29.1 Å². The summed E-state index contributed by atoms with van der Waals surface area (Å²) in [4.78, 5) is 55.3. The number of ether oxygens (including phenoxy) is 5. The highest BCUT2D eigenvalue weighted by atomic mass is 79.9. The van der Waals surface area contributed by atoms with Crippen LogP contribution in [0.3, 0.4) is 0 Å². The number of rotatable bonds is 1. The van der Waals surface area contributed by atoms with Crippen molar-refractivity contribution in [3.05, 3.63) is 45.6 Å². The third kappa shape index (κ3) is 21.8. The molecule has 15 heteroatoms. The molecule has 0 bridgehead atoms. The van der Waals surface area contributed by atoms with Gasteiger partial charge >= 0.3 is 24.5 Å². The molecular weight excluding hydrogens is 720 g/mol. The summed E-state index contributed by atoms with van der Waals surface area (Å²) in [6, 6.07) is 6.79. The predicted octanol–water partition coefficient (Wildman–Crippen LogP) is 8.82. The Kier molecular flexibility index (Phi) is 16.0. The van der Waals surface area contributed by atoms with Gasteiger partial charge in [-0.05, 0) is 139 Å². The van der Waals surface area contributed by atoms with Gasteiger partial charge < -0.3 is 29.4 Å². The van der Waals surface area contributed by atoms with Crippen LogP contribution in [0.1, 0.15) is 83.1 Å². The molecule has 2 N–H and O–H groups in total. The lowest BCUT2D eigenvalue weighted by molar-refractivity contribution is -0.0294. The number of amides is 2. The number of carbonyl (C=O) groups excluding carboxylic acids is 4. The van der Waals surface area contributed by atoms with Gasteiger partial charge in [-0.1, -0.05) is 0 Å². The summed E-state index contributed by atoms with van der Waals surface area (Å²) in [5.74, 6) is 0.680. The monoisotopic (exact) mass is 762 g/mol. The molecule has 0 radical (unpaired) electrons. The van der Waals surface area contributed by atoms with E-state index in [1.807, 2.05) is 6.07 Å². The van der Waals surface area contributed by atoms with Crippen molar-refractivity contribution in [2.24, 2.45) is 0 Å². The molecule has 2 aromatic rings. The number of imide groups is 1. The average molecular weight is 765 g/mol. The maximum atomic E-state index is 12.3. The van der Waals surface area contributed by atoms with Gasteiger partial charge in [0, 0.05) is 21.3 Å². The van der Waals surface area contributed by atoms with Gasteiger partial charge in [0.05, 0.1) is 0 Å². The van der Waals surface area contributed by atoms with Crippen LogP contribution >= 0.6 is 31.9 Å². The number of nitrogens with zero attached hydrogens (tertiary/aromatic N) is 3. The topological polar surface area (TPSA) is 169 Å². The van der Waals surface area contributed by atoms with Crippen LogP contribution in [0, 0.1) is 0 Å². The molecule has 13 nitrogen and oxygen atoms in total. The molecule has 0 atom stereocenters. The summed E-state index contributed by atoms with van der Waals surface area (Å²) in [6.45, 7) is 20.3. The highest BCUT2D eigenvalue weighted by Gasteiger charge is 2.33. The summed E-state index contributed by atoms with van der Waals surface area (Å²) in [6.07, 6.45) is -0.645. The maximum absolute atomic E-state index is 12.3. The first-order valence-electron chi connectivity index (χ1n) is 13.6. The van der Waals surface area contributed by atoms with E-state index < -0.39 is 46.9 Å². The SMILES string of the molecule is CC(C)(C)OC(=O)N(C(=O)OC(C)(C)C)c1ccc(Br)cn1.CC(C)(C)OC(=O)OC(=O)OC(C)(C)C.Nc1ccc(Br)cn1. The quantitative estimate of drug-likeness (QED) is 0.167. The molecule has 2 amide bonds. The lowest BCUT2D eigenvalue weighted by Crippen LogP contribution is -2.44. The predicted molar refractivity (Wildman–Crippen MR) is 177 cm³/mol. The minimum atomic E-state index is -1.06. The Hall–Kier alpha value is -3.46. The molecule has 2 heterocycles. The van der Waals surface area contributed by atoms with Crippen molar-refractivity contribution >= 4 is 68.0 Å². The molecule has 0 aliphatic rings. The van der Waals surface area contributed by atoms with Crippen molar-refractivity contribution in [1.29, 1.82) is 0 Å². The number of aromatic nitrogens is 2. The number of pyridine rings is 2. The summed E-state index contributed by atoms with van der Waals surface area (Å²) in [7, 11) is 0. The van der Waals surface area contributed by atoms with Crippen LogP contribution < -0.4 is 10.6 Å². The number of nitrogens with two attached hydrogens (primary N) is 1. The van der Waals surface area contributed by atoms with E-state index in [-0.39, 0.29) is 5.82 Å². The van der Waals surface area contributed by atoms with Gasteiger partial charge in [-0.3, -0.25) is 0 Å². The zero-order chi connectivity index (χ0) is 35.4. The molecule has 2 rings (SSSR count). The fraction of sp³-hybridized carbons (Fsp3) is 0.533. The first kappa shape index (κ1) is 41.5. The Morgan fingerprint density at radius 2 is 0.956 bits per heavy atom. The van der Waals surface area contributed by atoms with E-state index in [9.17, 15) is 19.2 Å². The third-order valence-corrected chi connectivity index (χ3v) is 4.73. The molecule has 0 aliphatic heterocycles. The van der Waals surface area contributed by atoms with Crippen molar-refractivity contribution in [2.45, 2.75) is 105 Å². The first-order valence-corrected chi connectivity index (χ1v) is 15.1. The zero-order valence-corrected chi connectivity index (χ0v) is 31.0. The minimum absolute atomic E-state index is 0.131. The van der Waals surface area contributed by atoms with Gasteiger partial charge in [0.2, 0.25) is 0 Å². The summed E-state index contributed by atoms with van der Waals surface area (Å²) in [5.41, 5.74) is 2.42. The van der Waals surface area contributed by atoms with E-state index in [4.69, 9.17) is 24.7 Å². The molecule has 252 valence electrons. The van der Waals surface area contributed by atoms with Crippen LogP contribution in [0.2, 0.25) is 0 Å². The number of hydrogen-bond donors (Lipinski definition) is 1. The molecule has 0 saturated heterocycles. The lowest BCUT2D eigenvalue weighted by Gasteiger charge is -2.28. The minimum Gasteiger partial charge on any atom is -0.443 e. The van der Waals surface area contributed by atoms with Gasteiger partial charge in [-0.2, -0.15) is 4.90 Å². The fourth-order valence-electron chi connectivity index (χ4n) is 2.37. The van der Waals surface area contributed by atoms with Crippen molar-refractivity contribution in [2.75, 3.05) is 10.6 Å².